The van der Waals surface area contributed by atoms with Crippen molar-refractivity contribution in [2.45, 2.75) is 65.7 Å². The first-order valence-corrected chi connectivity index (χ1v) is 10.4. The summed E-state index contributed by atoms with van der Waals surface area (Å²) >= 11 is 0. The summed E-state index contributed by atoms with van der Waals surface area (Å²) in [7, 11) is 0. The number of carbonyl (C=O) groups excluding carboxylic acids is 2. The van der Waals surface area contributed by atoms with Gasteiger partial charge in [-0.1, -0.05) is 60.7 Å². The van der Waals surface area contributed by atoms with Gasteiger partial charge in [0.15, 0.2) is 0 Å². The largest absolute Gasteiger partial charge is 0.330 e. The summed E-state index contributed by atoms with van der Waals surface area (Å²) in [6.07, 6.45) is 2.81. The van der Waals surface area contributed by atoms with Crippen LogP contribution < -0.4 is 0 Å². The standard InChI is InChI=1S/C26H34N2O2/c1-25(2,3)27(19-21-13-9-7-10-14-21)23(29)17-18-24(30)28(26(4,5)6)20-22-15-11-8-12-16-22/h7-18H,19-20H2,1-6H3/b18-17-. The Balaban J connectivity index is 2.18. The highest BCUT2D eigenvalue weighted by molar-refractivity contribution is 5.97. The van der Waals surface area contributed by atoms with Crippen LogP contribution in [-0.4, -0.2) is 32.7 Å². The van der Waals surface area contributed by atoms with Crippen LogP contribution in [0.15, 0.2) is 72.8 Å². The number of hydrogen-bond acceptors (Lipinski definition) is 2. The monoisotopic (exact) mass is 406 g/mol. The summed E-state index contributed by atoms with van der Waals surface area (Å²) in [5.74, 6) is -0.346. The number of carbonyl (C=O) groups is 2. The molecule has 0 saturated heterocycles. The molecule has 2 aromatic rings. The smallest absolute Gasteiger partial charge is 0.247 e. The molecule has 2 aromatic carbocycles. The van der Waals surface area contributed by atoms with Gasteiger partial charge in [0, 0.05) is 36.3 Å². The topological polar surface area (TPSA) is 40.6 Å². The van der Waals surface area contributed by atoms with Gasteiger partial charge < -0.3 is 9.80 Å². The Bertz CT molecular complexity index is 786. The third-order valence-corrected chi connectivity index (χ3v) is 4.89. The maximum Gasteiger partial charge on any atom is 0.247 e. The first kappa shape index (κ1) is 23.4. The molecule has 0 radical (unpaired) electrons. The summed E-state index contributed by atoms with van der Waals surface area (Å²) in [6.45, 7) is 13.0. The Morgan fingerprint density at radius 1 is 0.633 bits per heavy atom. The minimum atomic E-state index is -0.367. The van der Waals surface area contributed by atoms with Crippen LogP contribution in [0.4, 0.5) is 0 Å². The Morgan fingerprint density at radius 2 is 0.933 bits per heavy atom. The van der Waals surface area contributed by atoms with Crippen molar-refractivity contribution in [3.05, 3.63) is 83.9 Å². The SMILES string of the molecule is CC(C)(C)N(Cc1ccccc1)C(=O)/C=C\C(=O)N(Cc1ccccc1)C(C)(C)C. The molecule has 4 heteroatoms. The van der Waals surface area contributed by atoms with Gasteiger partial charge >= 0.3 is 0 Å². The molecule has 0 aliphatic carbocycles. The van der Waals surface area contributed by atoms with Gasteiger partial charge in [-0.05, 0) is 52.7 Å². The van der Waals surface area contributed by atoms with E-state index >= 15 is 0 Å². The molecule has 0 aromatic heterocycles. The lowest BCUT2D eigenvalue weighted by atomic mass is 10.0. The van der Waals surface area contributed by atoms with E-state index in [0.29, 0.717) is 13.1 Å². The summed E-state index contributed by atoms with van der Waals surface area (Å²) in [5, 5.41) is 0. The molecule has 0 aliphatic rings. The third kappa shape index (κ3) is 6.87. The maximum absolute atomic E-state index is 13.0. The highest BCUT2D eigenvalue weighted by Crippen LogP contribution is 2.20. The fourth-order valence-corrected chi connectivity index (χ4v) is 3.15. The van der Waals surface area contributed by atoms with Crippen molar-refractivity contribution < 1.29 is 9.59 Å². The molecule has 0 aliphatic heterocycles. The summed E-state index contributed by atoms with van der Waals surface area (Å²) in [6, 6.07) is 19.8. The Morgan fingerprint density at radius 3 is 1.20 bits per heavy atom. The Kier molecular flexibility index (Phi) is 7.60. The van der Waals surface area contributed by atoms with Crippen LogP contribution in [0.5, 0.6) is 0 Å². The van der Waals surface area contributed by atoms with Crippen LogP contribution in [0.3, 0.4) is 0 Å². The number of amides is 2. The van der Waals surface area contributed by atoms with Gasteiger partial charge in [0.25, 0.3) is 0 Å². The highest BCUT2D eigenvalue weighted by Gasteiger charge is 2.27. The molecule has 0 spiro atoms. The van der Waals surface area contributed by atoms with E-state index in [1.165, 1.54) is 12.2 Å². The van der Waals surface area contributed by atoms with Crippen molar-refractivity contribution in [1.29, 1.82) is 0 Å². The second-order valence-electron chi connectivity index (χ2n) is 9.49. The van der Waals surface area contributed by atoms with E-state index in [1.807, 2.05) is 102 Å². The van der Waals surface area contributed by atoms with Gasteiger partial charge in [0.05, 0.1) is 0 Å². The Hall–Kier alpha value is -2.88. The number of nitrogens with zero attached hydrogens (tertiary/aromatic N) is 2. The van der Waals surface area contributed by atoms with Crippen LogP contribution in [0.25, 0.3) is 0 Å². The Labute approximate surface area is 181 Å². The molecule has 4 nitrogen and oxygen atoms in total. The van der Waals surface area contributed by atoms with Gasteiger partial charge in [-0.25, -0.2) is 0 Å². The molecular weight excluding hydrogens is 372 g/mol. The number of rotatable bonds is 6. The molecule has 2 rings (SSSR count). The molecule has 160 valence electrons. The van der Waals surface area contributed by atoms with Gasteiger partial charge in [-0.15, -0.1) is 0 Å². The molecule has 0 saturated carbocycles. The van der Waals surface area contributed by atoms with E-state index in [0.717, 1.165) is 11.1 Å². The fraction of sp³-hybridized carbons (Fsp3) is 0.385. The molecular formula is C26H34N2O2. The number of hydrogen-bond donors (Lipinski definition) is 0. The summed E-state index contributed by atoms with van der Waals surface area (Å²) in [5.41, 5.74) is 1.38. The van der Waals surface area contributed by atoms with Crippen molar-refractivity contribution in [2.24, 2.45) is 0 Å². The van der Waals surface area contributed by atoms with Crippen LogP contribution in [0.1, 0.15) is 52.7 Å². The van der Waals surface area contributed by atoms with Crippen molar-refractivity contribution in [1.82, 2.24) is 9.80 Å². The van der Waals surface area contributed by atoms with Crippen molar-refractivity contribution >= 4 is 11.8 Å². The van der Waals surface area contributed by atoms with Crippen molar-refractivity contribution in [3.63, 3.8) is 0 Å². The lowest BCUT2D eigenvalue weighted by Crippen LogP contribution is -2.45. The zero-order valence-electron chi connectivity index (χ0n) is 19.1. The van der Waals surface area contributed by atoms with E-state index in [2.05, 4.69) is 0 Å². The molecule has 0 heterocycles. The van der Waals surface area contributed by atoms with E-state index in [9.17, 15) is 9.59 Å². The zero-order valence-corrected chi connectivity index (χ0v) is 19.1. The first-order chi connectivity index (χ1) is 14.0. The normalized spacial score (nSPS) is 12.1. The average Bonchev–Trinajstić information content (AvgIpc) is 2.68. The number of benzene rings is 2. The first-order valence-electron chi connectivity index (χ1n) is 10.4. The fourth-order valence-electron chi connectivity index (χ4n) is 3.15. The molecule has 0 N–H and O–H groups in total. The second kappa shape index (κ2) is 9.75. The minimum absolute atomic E-state index is 0.173. The van der Waals surface area contributed by atoms with Crippen LogP contribution in [0, 0.1) is 0 Å². The van der Waals surface area contributed by atoms with Crippen LogP contribution in [-0.2, 0) is 22.7 Å². The predicted octanol–water partition coefficient (Wildman–Crippen LogP) is 5.20. The third-order valence-electron chi connectivity index (χ3n) is 4.89. The molecule has 0 bridgehead atoms. The van der Waals surface area contributed by atoms with E-state index in [-0.39, 0.29) is 22.9 Å². The average molecular weight is 407 g/mol. The quantitative estimate of drug-likeness (QED) is 0.619. The molecule has 0 unspecified atom stereocenters. The van der Waals surface area contributed by atoms with Gasteiger partial charge in [0.2, 0.25) is 11.8 Å². The molecule has 0 atom stereocenters. The van der Waals surface area contributed by atoms with Gasteiger partial charge in [-0.2, -0.15) is 0 Å². The second-order valence-corrected chi connectivity index (χ2v) is 9.49. The van der Waals surface area contributed by atoms with E-state index < -0.39 is 0 Å². The summed E-state index contributed by atoms with van der Waals surface area (Å²) in [4.78, 5) is 29.6. The van der Waals surface area contributed by atoms with Crippen molar-refractivity contribution in [2.75, 3.05) is 0 Å². The zero-order chi connectivity index (χ0) is 22.4. The maximum atomic E-state index is 13.0. The van der Waals surface area contributed by atoms with Crippen LogP contribution >= 0.6 is 0 Å². The predicted molar refractivity (Wildman–Crippen MR) is 123 cm³/mol. The van der Waals surface area contributed by atoms with E-state index in [1.54, 1.807) is 9.80 Å². The lowest BCUT2D eigenvalue weighted by Gasteiger charge is -2.36. The molecule has 30 heavy (non-hydrogen) atoms. The molecule has 0 fully saturated rings. The van der Waals surface area contributed by atoms with Gasteiger partial charge in [0.1, 0.15) is 0 Å². The van der Waals surface area contributed by atoms with Crippen molar-refractivity contribution in [3.8, 4) is 0 Å². The minimum Gasteiger partial charge on any atom is -0.330 e. The summed E-state index contributed by atoms with van der Waals surface area (Å²) < 4.78 is 0. The highest BCUT2D eigenvalue weighted by atomic mass is 16.2. The molecule has 2 amide bonds. The van der Waals surface area contributed by atoms with Crippen LogP contribution in [0.2, 0.25) is 0 Å². The lowest BCUT2D eigenvalue weighted by molar-refractivity contribution is -0.134. The van der Waals surface area contributed by atoms with E-state index in [4.69, 9.17) is 0 Å². The van der Waals surface area contributed by atoms with Gasteiger partial charge in [-0.3, -0.25) is 9.59 Å².